The molecule has 0 atom stereocenters. The van der Waals surface area contributed by atoms with Crippen molar-refractivity contribution in [1.29, 1.82) is 0 Å². The van der Waals surface area contributed by atoms with E-state index in [9.17, 15) is 0 Å². The van der Waals surface area contributed by atoms with E-state index < -0.39 is 0 Å². The first-order valence-corrected chi connectivity index (χ1v) is 10.3. The average molecular weight is 409 g/mol. The van der Waals surface area contributed by atoms with Crippen molar-refractivity contribution in [3.05, 3.63) is 69.0 Å². The molecule has 2 heteroatoms. The lowest BCUT2D eigenvalue weighted by Crippen LogP contribution is -1.90. The standard InChI is InChI=1S/C23H21BrS/c1-13(2)16-8-7-9-17(12-16)21-18-10-5-6-11-19(18)22(24)23-20(21)14(3)15(4)25-23/h5-13H,1-4H3. The lowest BCUT2D eigenvalue weighted by molar-refractivity contribution is 0.867. The molecule has 0 radical (unpaired) electrons. The number of halogens is 1. The number of fused-ring (bicyclic) bond motifs is 2. The highest BCUT2D eigenvalue weighted by atomic mass is 79.9. The number of thiophene rings is 1. The minimum Gasteiger partial charge on any atom is -0.139 e. The molecule has 126 valence electrons. The maximum absolute atomic E-state index is 3.88. The summed E-state index contributed by atoms with van der Waals surface area (Å²) in [5.74, 6) is 0.530. The Hall–Kier alpha value is -1.64. The molecule has 25 heavy (non-hydrogen) atoms. The van der Waals surface area contributed by atoms with Gasteiger partial charge in [-0.15, -0.1) is 11.3 Å². The molecule has 0 bridgehead atoms. The molecule has 0 nitrogen and oxygen atoms in total. The van der Waals surface area contributed by atoms with E-state index in [0.717, 1.165) is 0 Å². The molecule has 0 aliphatic heterocycles. The van der Waals surface area contributed by atoms with Gasteiger partial charge in [0, 0.05) is 14.7 Å². The molecule has 4 rings (SSSR count). The van der Waals surface area contributed by atoms with Crippen LogP contribution in [-0.4, -0.2) is 0 Å². The van der Waals surface area contributed by atoms with E-state index in [1.165, 1.54) is 52.5 Å². The zero-order chi connectivity index (χ0) is 17.7. The van der Waals surface area contributed by atoms with Crippen LogP contribution in [0, 0.1) is 13.8 Å². The third-order valence-corrected chi connectivity index (χ3v) is 7.42. The van der Waals surface area contributed by atoms with Gasteiger partial charge in [-0.3, -0.25) is 0 Å². The summed E-state index contributed by atoms with van der Waals surface area (Å²) < 4.78 is 2.58. The molecular formula is C23H21BrS. The minimum atomic E-state index is 0.530. The summed E-state index contributed by atoms with van der Waals surface area (Å²) in [5.41, 5.74) is 5.48. The molecule has 3 aromatic carbocycles. The molecule has 0 aliphatic carbocycles. The van der Waals surface area contributed by atoms with Crippen molar-refractivity contribution >= 4 is 48.1 Å². The molecule has 1 heterocycles. The topological polar surface area (TPSA) is 0 Å². The third-order valence-electron chi connectivity index (χ3n) is 5.11. The van der Waals surface area contributed by atoms with Gasteiger partial charge >= 0.3 is 0 Å². The van der Waals surface area contributed by atoms with E-state index in [1.807, 2.05) is 11.3 Å². The zero-order valence-electron chi connectivity index (χ0n) is 15.0. The van der Waals surface area contributed by atoms with Gasteiger partial charge < -0.3 is 0 Å². The van der Waals surface area contributed by atoms with E-state index in [2.05, 4.69) is 92.2 Å². The van der Waals surface area contributed by atoms with Crippen LogP contribution in [0.3, 0.4) is 0 Å². The SMILES string of the molecule is Cc1sc2c(Br)c3ccccc3c(-c3cccc(C(C)C)c3)c2c1C. The van der Waals surface area contributed by atoms with Gasteiger partial charge in [0.2, 0.25) is 0 Å². The third kappa shape index (κ3) is 2.63. The quantitative estimate of drug-likeness (QED) is 0.313. The van der Waals surface area contributed by atoms with Crippen LogP contribution in [-0.2, 0) is 0 Å². The summed E-state index contributed by atoms with van der Waals surface area (Å²) in [6.07, 6.45) is 0. The van der Waals surface area contributed by atoms with E-state index in [0.29, 0.717) is 5.92 Å². The predicted octanol–water partition coefficient (Wildman–Crippen LogP) is 8.22. The average Bonchev–Trinajstić information content (AvgIpc) is 2.91. The Bertz CT molecular complexity index is 1100. The first-order chi connectivity index (χ1) is 12.0. The second kappa shape index (κ2) is 6.26. The van der Waals surface area contributed by atoms with Crippen LogP contribution in [0.25, 0.3) is 32.0 Å². The molecule has 1 aromatic heterocycles. The first-order valence-electron chi connectivity index (χ1n) is 8.69. The Morgan fingerprint density at radius 2 is 1.64 bits per heavy atom. The molecule has 0 fully saturated rings. The normalized spacial score (nSPS) is 11.8. The molecular weight excluding hydrogens is 388 g/mol. The van der Waals surface area contributed by atoms with Gasteiger partial charge in [0.05, 0.1) is 4.70 Å². The highest BCUT2D eigenvalue weighted by molar-refractivity contribution is 9.11. The molecule has 4 aromatic rings. The highest BCUT2D eigenvalue weighted by Crippen LogP contribution is 2.47. The summed E-state index contributed by atoms with van der Waals surface area (Å²) in [6, 6.07) is 17.8. The number of hydrogen-bond acceptors (Lipinski definition) is 1. The van der Waals surface area contributed by atoms with Gasteiger partial charge in [-0.2, -0.15) is 0 Å². The van der Waals surface area contributed by atoms with Crippen molar-refractivity contribution < 1.29 is 0 Å². The van der Waals surface area contributed by atoms with Gasteiger partial charge in [-0.05, 0) is 68.7 Å². The highest BCUT2D eigenvalue weighted by Gasteiger charge is 2.19. The van der Waals surface area contributed by atoms with Crippen molar-refractivity contribution in [2.75, 3.05) is 0 Å². The largest absolute Gasteiger partial charge is 0.139 e. The summed E-state index contributed by atoms with van der Waals surface area (Å²) in [5, 5.41) is 4.01. The van der Waals surface area contributed by atoms with Crippen molar-refractivity contribution in [2.45, 2.75) is 33.6 Å². The summed E-state index contributed by atoms with van der Waals surface area (Å²) >= 11 is 5.78. The van der Waals surface area contributed by atoms with E-state index in [4.69, 9.17) is 0 Å². The summed E-state index contributed by atoms with van der Waals surface area (Å²) in [4.78, 5) is 1.40. The molecule has 0 N–H and O–H groups in total. The number of benzene rings is 3. The zero-order valence-corrected chi connectivity index (χ0v) is 17.4. The number of aryl methyl sites for hydroxylation is 2. The van der Waals surface area contributed by atoms with Crippen LogP contribution in [0.4, 0.5) is 0 Å². The van der Waals surface area contributed by atoms with Crippen LogP contribution >= 0.6 is 27.3 Å². The fourth-order valence-corrected chi connectivity index (χ4v) is 5.49. The van der Waals surface area contributed by atoms with Gasteiger partial charge in [0.15, 0.2) is 0 Å². The fourth-order valence-electron chi connectivity index (χ4n) is 3.59. The van der Waals surface area contributed by atoms with Gasteiger partial charge in [-0.25, -0.2) is 0 Å². The molecule has 0 amide bonds. The molecule has 0 aliphatic rings. The Kier molecular flexibility index (Phi) is 4.21. The van der Waals surface area contributed by atoms with Crippen molar-refractivity contribution in [2.24, 2.45) is 0 Å². The van der Waals surface area contributed by atoms with Crippen LogP contribution in [0.2, 0.25) is 0 Å². The molecule has 0 saturated carbocycles. The second-order valence-electron chi connectivity index (χ2n) is 7.00. The van der Waals surface area contributed by atoms with Crippen molar-refractivity contribution in [3.63, 3.8) is 0 Å². The van der Waals surface area contributed by atoms with E-state index in [-0.39, 0.29) is 0 Å². The Morgan fingerprint density at radius 1 is 0.920 bits per heavy atom. The lowest BCUT2D eigenvalue weighted by atomic mass is 9.91. The fraction of sp³-hybridized carbons (Fsp3) is 0.217. The Balaban J connectivity index is 2.21. The number of hydrogen-bond donors (Lipinski definition) is 0. The number of rotatable bonds is 2. The van der Waals surface area contributed by atoms with Crippen molar-refractivity contribution in [3.8, 4) is 11.1 Å². The smallest absolute Gasteiger partial charge is 0.0503 e. The van der Waals surface area contributed by atoms with Crippen LogP contribution in [0.5, 0.6) is 0 Å². The maximum Gasteiger partial charge on any atom is 0.0503 e. The van der Waals surface area contributed by atoms with Crippen molar-refractivity contribution in [1.82, 2.24) is 0 Å². The van der Waals surface area contributed by atoms with Crippen LogP contribution in [0.15, 0.2) is 53.0 Å². The van der Waals surface area contributed by atoms with E-state index >= 15 is 0 Å². The van der Waals surface area contributed by atoms with Gasteiger partial charge in [0.1, 0.15) is 0 Å². The van der Waals surface area contributed by atoms with Crippen LogP contribution in [0.1, 0.15) is 35.8 Å². The predicted molar refractivity (Wildman–Crippen MR) is 116 cm³/mol. The van der Waals surface area contributed by atoms with Crippen LogP contribution < -0.4 is 0 Å². The maximum atomic E-state index is 3.88. The first kappa shape index (κ1) is 16.8. The lowest BCUT2D eigenvalue weighted by Gasteiger charge is -2.14. The van der Waals surface area contributed by atoms with Gasteiger partial charge in [-0.1, -0.05) is 62.4 Å². The molecule has 0 unspecified atom stereocenters. The summed E-state index contributed by atoms with van der Waals surface area (Å²) in [7, 11) is 0. The summed E-state index contributed by atoms with van der Waals surface area (Å²) in [6.45, 7) is 9.00. The molecule has 0 spiro atoms. The Labute approximate surface area is 161 Å². The van der Waals surface area contributed by atoms with E-state index in [1.54, 1.807) is 0 Å². The monoisotopic (exact) mass is 408 g/mol. The van der Waals surface area contributed by atoms with Gasteiger partial charge in [0.25, 0.3) is 0 Å². The Morgan fingerprint density at radius 3 is 2.36 bits per heavy atom. The minimum absolute atomic E-state index is 0.530. The molecule has 0 saturated heterocycles. The second-order valence-corrected chi connectivity index (χ2v) is 9.02.